The van der Waals surface area contributed by atoms with E-state index in [1.165, 1.54) is 30.0 Å². The summed E-state index contributed by atoms with van der Waals surface area (Å²) >= 11 is 1.49. The van der Waals surface area contributed by atoms with Gasteiger partial charge in [-0.1, -0.05) is 18.2 Å². The maximum absolute atomic E-state index is 13.6. The molecule has 0 saturated carbocycles. The SMILES string of the molecule is CSc1ccccc1NC(=O)[C@H]1C(=O)NC[C@@H]1c1ccc(F)c(C#N)c1. The summed E-state index contributed by atoms with van der Waals surface area (Å²) in [6.07, 6.45) is 1.90. The first-order valence-electron chi connectivity index (χ1n) is 7.96. The number of halogens is 1. The number of thioether (sulfide) groups is 1. The van der Waals surface area contributed by atoms with Gasteiger partial charge in [-0.15, -0.1) is 11.8 Å². The lowest BCUT2D eigenvalue weighted by molar-refractivity contribution is -0.130. The van der Waals surface area contributed by atoms with Gasteiger partial charge in [-0.25, -0.2) is 4.39 Å². The number of amides is 2. The third-order valence-corrected chi connectivity index (χ3v) is 5.16. The zero-order valence-electron chi connectivity index (χ0n) is 14.0. The van der Waals surface area contributed by atoms with Crippen LogP contribution in [0.15, 0.2) is 47.4 Å². The molecule has 0 aliphatic carbocycles. The van der Waals surface area contributed by atoms with E-state index in [0.717, 1.165) is 4.90 Å². The minimum Gasteiger partial charge on any atom is -0.355 e. The predicted octanol–water partition coefficient (Wildman–Crippen LogP) is 2.89. The number of carbonyl (C=O) groups excluding carboxylic acids is 2. The van der Waals surface area contributed by atoms with Crippen LogP contribution in [0.3, 0.4) is 0 Å². The number of nitrogens with one attached hydrogen (secondary N) is 2. The Morgan fingerprint density at radius 2 is 2.12 bits per heavy atom. The monoisotopic (exact) mass is 369 g/mol. The first kappa shape index (κ1) is 18.0. The van der Waals surface area contributed by atoms with Crippen LogP contribution < -0.4 is 10.6 Å². The van der Waals surface area contributed by atoms with Crippen molar-refractivity contribution in [3.63, 3.8) is 0 Å². The van der Waals surface area contributed by atoms with E-state index < -0.39 is 23.6 Å². The normalized spacial score (nSPS) is 18.9. The molecule has 0 bridgehead atoms. The Labute approximate surface area is 154 Å². The fourth-order valence-electron chi connectivity index (χ4n) is 3.05. The molecule has 3 rings (SSSR count). The number of carbonyl (C=O) groups is 2. The van der Waals surface area contributed by atoms with Gasteiger partial charge in [-0.3, -0.25) is 9.59 Å². The van der Waals surface area contributed by atoms with Gasteiger partial charge in [0.25, 0.3) is 0 Å². The van der Waals surface area contributed by atoms with E-state index in [9.17, 15) is 14.0 Å². The number of hydrogen-bond acceptors (Lipinski definition) is 4. The zero-order valence-corrected chi connectivity index (χ0v) is 14.8. The van der Waals surface area contributed by atoms with Crippen LogP contribution in [0.4, 0.5) is 10.1 Å². The number of nitrogens with zero attached hydrogens (tertiary/aromatic N) is 1. The van der Waals surface area contributed by atoms with Crippen LogP contribution in [-0.2, 0) is 9.59 Å². The molecule has 0 spiro atoms. The molecule has 1 aliphatic rings. The second kappa shape index (κ2) is 7.58. The Balaban J connectivity index is 1.88. The van der Waals surface area contributed by atoms with E-state index in [-0.39, 0.29) is 18.0 Å². The van der Waals surface area contributed by atoms with Gasteiger partial charge in [-0.2, -0.15) is 5.26 Å². The van der Waals surface area contributed by atoms with Crippen molar-refractivity contribution in [2.24, 2.45) is 5.92 Å². The maximum atomic E-state index is 13.6. The summed E-state index contributed by atoms with van der Waals surface area (Å²) in [5.41, 5.74) is 1.12. The number of anilines is 1. The van der Waals surface area contributed by atoms with E-state index in [1.54, 1.807) is 18.2 Å². The molecule has 132 valence electrons. The Morgan fingerprint density at radius 1 is 1.35 bits per heavy atom. The predicted molar refractivity (Wildman–Crippen MR) is 97.2 cm³/mol. The van der Waals surface area contributed by atoms with E-state index in [4.69, 9.17) is 5.26 Å². The molecule has 7 heteroatoms. The first-order valence-corrected chi connectivity index (χ1v) is 9.18. The largest absolute Gasteiger partial charge is 0.355 e. The molecule has 0 radical (unpaired) electrons. The molecule has 2 atom stereocenters. The van der Waals surface area contributed by atoms with E-state index in [1.807, 2.05) is 18.4 Å². The molecule has 2 N–H and O–H groups in total. The molecule has 5 nitrogen and oxygen atoms in total. The van der Waals surface area contributed by atoms with Crippen LogP contribution in [0.2, 0.25) is 0 Å². The fourth-order valence-corrected chi connectivity index (χ4v) is 3.60. The highest BCUT2D eigenvalue weighted by molar-refractivity contribution is 7.98. The average Bonchev–Trinajstić information content (AvgIpc) is 3.04. The van der Waals surface area contributed by atoms with Crippen LogP contribution in [-0.4, -0.2) is 24.6 Å². The van der Waals surface area contributed by atoms with Crippen molar-refractivity contribution in [1.82, 2.24) is 5.32 Å². The summed E-state index contributed by atoms with van der Waals surface area (Å²) < 4.78 is 13.6. The second-order valence-corrected chi connectivity index (χ2v) is 6.72. The van der Waals surface area contributed by atoms with Gasteiger partial charge < -0.3 is 10.6 Å². The standard InChI is InChI=1S/C19H16FN3O2S/c1-26-16-5-3-2-4-15(16)23-19(25)17-13(10-22-18(17)24)11-6-7-14(20)12(8-11)9-21/h2-8,13,17H,10H2,1H3,(H,22,24)(H,23,25)/t13-,17-/m1/s1. The van der Waals surface area contributed by atoms with Crippen molar-refractivity contribution in [3.8, 4) is 6.07 Å². The van der Waals surface area contributed by atoms with Gasteiger partial charge >= 0.3 is 0 Å². The van der Waals surface area contributed by atoms with Crippen LogP contribution in [0.5, 0.6) is 0 Å². The Hall–Kier alpha value is -2.85. The highest BCUT2D eigenvalue weighted by Crippen LogP contribution is 2.32. The third kappa shape index (κ3) is 3.41. The lowest BCUT2D eigenvalue weighted by Crippen LogP contribution is -2.32. The molecule has 2 amide bonds. The van der Waals surface area contributed by atoms with Crippen molar-refractivity contribution in [1.29, 1.82) is 5.26 Å². The van der Waals surface area contributed by atoms with E-state index >= 15 is 0 Å². The van der Waals surface area contributed by atoms with Gasteiger partial charge in [0, 0.05) is 17.4 Å². The number of hydrogen-bond donors (Lipinski definition) is 2. The summed E-state index contributed by atoms with van der Waals surface area (Å²) in [4.78, 5) is 25.9. The highest BCUT2D eigenvalue weighted by Gasteiger charge is 2.41. The van der Waals surface area contributed by atoms with Gasteiger partial charge in [0.1, 0.15) is 17.8 Å². The summed E-state index contributed by atoms with van der Waals surface area (Å²) in [5.74, 6) is -2.83. The molecule has 2 aromatic carbocycles. The van der Waals surface area contributed by atoms with Gasteiger partial charge in [-0.05, 0) is 36.1 Å². The molecular formula is C19H16FN3O2S. The Bertz CT molecular complexity index is 910. The molecule has 0 aromatic heterocycles. The average molecular weight is 369 g/mol. The summed E-state index contributed by atoms with van der Waals surface area (Å²) in [5, 5.41) is 14.5. The molecule has 1 fully saturated rings. The lowest BCUT2D eigenvalue weighted by Gasteiger charge is -2.18. The van der Waals surface area contributed by atoms with Crippen LogP contribution in [0.1, 0.15) is 17.0 Å². The lowest BCUT2D eigenvalue weighted by atomic mass is 9.87. The van der Waals surface area contributed by atoms with Gasteiger partial charge in [0.15, 0.2) is 0 Å². The van der Waals surface area contributed by atoms with E-state index in [0.29, 0.717) is 11.3 Å². The number of rotatable bonds is 4. The number of benzene rings is 2. The second-order valence-electron chi connectivity index (χ2n) is 5.87. The third-order valence-electron chi connectivity index (χ3n) is 4.37. The molecule has 26 heavy (non-hydrogen) atoms. The van der Waals surface area contributed by atoms with Crippen molar-refractivity contribution < 1.29 is 14.0 Å². The number of para-hydroxylation sites is 1. The molecule has 1 saturated heterocycles. The van der Waals surface area contributed by atoms with Crippen LogP contribution in [0, 0.1) is 23.1 Å². The van der Waals surface area contributed by atoms with Crippen LogP contribution >= 0.6 is 11.8 Å². The Morgan fingerprint density at radius 3 is 2.85 bits per heavy atom. The number of nitriles is 1. The molecular weight excluding hydrogens is 353 g/mol. The van der Waals surface area contributed by atoms with Crippen LogP contribution in [0.25, 0.3) is 0 Å². The molecule has 1 heterocycles. The van der Waals surface area contributed by atoms with Crippen molar-refractivity contribution in [2.45, 2.75) is 10.8 Å². The topological polar surface area (TPSA) is 82.0 Å². The summed E-state index contributed by atoms with van der Waals surface area (Å²) in [6, 6.07) is 13.2. The van der Waals surface area contributed by atoms with Crippen molar-refractivity contribution in [3.05, 3.63) is 59.4 Å². The quantitative estimate of drug-likeness (QED) is 0.641. The minimum absolute atomic E-state index is 0.103. The summed E-state index contributed by atoms with van der Waals surface area (Å²) in [7, 11) is 0. The van der Waals surface area contributed by atoms with E-state index in [2.05, 4.69) is 10.6 Å². The maximum Gasteiger partial charge on any atom is 0.237 e. The van der Waals surface area contributed by atoms with Crippen molar-refractivity contribution in [2.75, 3.05) is 18.1 Å². The van der Waals surface area contributed by atoms with Crippen molar-refractivity contribution >= 4 is 29.3 Å². The fraction of sp³-hybridized carbons (Fsp3) is 0.211. The molecule has 0 unspecified atom stereocenters. The van der Waals surface area contributed by atoms with Gasteiger partial charge in [0.05, 0.1) is 11.3 Å². The highest BCUT2D eigenvalue weighted by atomic mass is 32.2. The molecule has 2 aromatic rings. The molecule has 1 aliphatic heterocycles. The summed E-state index contributed by atoms with van der Waals surface area (Å²) in [6.45, 7) is 0.262. The smallest absolute Gasteiger partial charge is 0.237 e. The first-order chi connectivity index (χ1) is 12.5. The van der Waals surface area contributed by atoms with Gasteiger partial charge in [0.2, 0.25) is 11.8 Å². The Kier molecular flexibility index (Phi) is 5.24. The minimum atomic E-state index is -0.943. The zero-order chi connectivity index (χ0) is 18.7.